The zero-order valence-corrected chi connectivity index (χ0v) is 11.2. The number of hydrogen-bond acceptors (Lipinski definition) is 5. The maximum atomic E-state index is 10.9. The maximum absolute atomic E-state index is 10.9. The Morgan fingerprint density at radius 1 is 1.44 bits per heavy atom. The van der Waals surface area contributed by atoms with E-state index < -0.39 is 5.60 Å². The summed E-state index contributed by atoms with van der Waals surface area (Å²) in [5, 5.41) is 10.3. The molecule has 0 aromatic heterocycles. The van der Waals surface area contributed by atoms with E-state index in [2.05, 4.69) is 10.3 Å². The summed E-state index contributed by atoms with van der Waals surface area (Å²) < 4.78 is 5.25. The van der Waals surface area contributed by atoms with E-state index in [0.717, 1.165) is 19.4 Å². The topological polar surface area (TPSA) is 87.8 Å². The number of likely N-dealkylation sites (N-methyl/N-ethyl adjacent to an activating group) is 1. The summed E-state index contributed by atoms with van der Waals surface area (Å²) in [7, 11) is 2.00. The van der Waals surface area contributed by atoms with Gasteiger partial charge in [-0.3, -0.25) is 10.2 Å². The predicted octanol–water partition coefficient (Wildman–Crippen LogP) is -0.380. The van der Waals surface area contributed by atoms with Gasteiger partial charge in [0.15, 0.2) is 0 Å². The van der Waals surface area contributed by atoms with Gasteiger partial charge < -0.3 is 14.7 Å². The fourth-order valence-corrected chi connectivity index (χ4v) is 2.23. The number of nitrogens with two attached hydrogens (primary N) is 1. The second-order valence-electron chi connectivity index (χ2n) is 5.10. The Kier molecular flexibility index (Phi) is 6.56. The highest BCUT2D eigenvalue weighted by Gasteiger charge is 2.30. The Labute approximate surface area is 108 Å². The highest BCUT2D eigenvalue weighted by atomic mass is 16.5. The van der Waals surface area contributed by atoms with E-state index in [4.69, 9.17) is 10.6 Å². The molecule has 1 amide bonds. The molecule has 4 N–H and O–H groups in total. The van der Waals surface area contributed by atoms with Crippen LogP contribution < -0.4 is 11.3 Å². The van der Waals surface area contributed by atoms with Crippen LogP contribution in [-0.2, 0) is 9.53 Å². The van der Waals surface area contributed by atoms with E-state index in [-0.39, 0.29) is 5.91 Å². The number of unbranched alkanes of at least 4 members (excludes halogenated alkanes) is 1. The van der Waals surface area contributed by atoms with Crippen molar-refractivity contribution in [1.29, 1.82) is 0 Å². The minimum Gasteiger partial charge on any atom is -0.388 e. The van der Waals surface area contributed by atoms with Gasteiger partial charge in [-0.1, -0.05) is 0 Å². The summed E-state index contributed by atoms with van der Waals surface area (Å²) in [5.41, 5.74) is 1.51. The Bertz CT molecular complexity index is 255. The molecule has 0 atom stereocenters. The molecule has 0 spiro atoms. The summed E-state index contributed by atoms with van der Waals surface area (Å²) in [5.74, 6) is 4.88. The Balaban J connectivity index is 2.12. The van der Waals surface area contributed by atoms with Crippen molar-refractivity contribution in [2.24, 2.45) is 5.84 Å². The van der Waals surface area contributed by atoms with E-state index in [1.165, 1.54) is 0 Å². The number of aliphatic hydroxyl groups is 1. The normalized spacial score (nSPS) is 18.9. The number of rotatable bonds is 7. The lowest BCUT2D eigenvalue weighted by Gasteiger charge is -2.35. The van der Waals surface area contributed by atoms with E-state index in [9.17, 15) is 9.90 Å². The van der Waals surface area contributed by atoms with Gasteiger partial charge in [-0.25, -0.2) is 5.84 Å². The van der Waals surface area contributed by atoms with E-state index in [0.29, 0.717) is 39.0 Å². The average Bonchev–Trinajstić information content (AvgIpc) is 2.34. The van der Waals surface area contributed by atoms with Gasteiger partial charge in [0.1, 0.15) is 0 Å². The van der Waals surface area contributed by atoms with Crippen LogP contribution in [-0.4, -0.2) is 54.9 Å². The molecule has 0 aromatic carbocycles. The van der Waals surface area contributed by atoms with Crippen molar-refractivity contribution in [2.45, 2.75) is 37.7 Å². The molecular formula is C12H25N3O3. The molecule has 6 heteroatoms. The second kappa shape index (κ2) is 7.68. The summed E-state index contributed by atoms with van der Waals surface area (Å²) in [4.78, 5) is 13.0. The number of carbonyl (C=O) groups excluding carboxylic acids is 1. The highest BCUT2D eigenvalue weighted by molar-refractivity contribution is 5.75. The molecule has 0 aliphatic carbocycles. The first-order valence-corrected chi connectivity index (χ1v) is 6.54. The third-order valence-electron chi connectivity index (χ3n) is 3.34. The molecule has 1 heterocycles. The number of nitrogens with zero attached hydrogens (tertiary/aromatic N) is 1. The highest BCUT2D eigenvalue weighted by Crippen LogP contribution is 2.21. The van der Waals surface area contributed by atoms with Gasteiger partial charge in [-0.15, -0.1) is 0 Å². The summed E-state index contributed by atoms with van der Waals surface area (Å²) in [6, 6.07) is 0. The van der Waals surface area contributed by atoms with Crippen LogP contribution >= 0.6 is 0 Å². The van der Waals surface area contributed by atoms with Gasteiger partial charge in [-0.05, 0) is 26.4 Å². The first-order chi connectivity index (χ1) is 8.56. The van der Waals surface area contributed by atoms with E-state index in [1.807, 2.05) is 7.05 Å². The molecule has 0 radical (unpaired) electrons. The average molecular weight is 259 g/mol. The molecule has 6 nitrogen and oxygen atoms in total. The fraction of sp³-hybridized carbons (Fsp3) is 0.917. The summed E-state index contributed by atoms with van der Waals surface area (Å²) in [6.45, 7) is 2.82. The van der Waals surface area contributed by atoms with Crippen LogP contribution in [0.3, 0.4) is 0 Å². The first kappa shape index (κ1) is 15.4. The second-order valence-corrected chi connectivity index (χ2v) is 5.10. The minimum absolute atomic E-state index is 0.124. The number of amides is 1. The van der Waals surface area contributed by atoms with Crippen molar-refractivity contribution in [3.8, 4) is 0 Å². The molecule has 1 aliphatic rings. The van der Waals surface area contributed by atoms with Crippen molar-refractivity contribution in [2.75, 3.05) is 33.4 Å². The molecule has 0 aromatic rings. The monoisotopic (exact) mass is 259 g/mol. The van der Waals surface area contributed by atoms with Crippen molar-refractivity contribution in [3.63, 3.8) is 0 Å². The SMILES string of the molecule is CN(CCCCC(=O)NN)CC1(O)CCOCC1. The van der Waals surface area contributed by atoms with E-state index in [1.54, 1.807) is 0 Å². The van der Waals surface area contributed by atoms with Crippen LogP contribution in [0.4, 0.5) is 0 Å². The standard InChI is InChI=1S/C12H25N3O3/c1-15(7-3-2-4-11(16)14-13)10-12(17)5-8-18-9-6-12/h17H,2-10,13H2,1H3,(H,14,16). The van der Waals surface area contributed by atoms with Crippen LogP contribution in [0.25, 0.3) is 0 Å². The number of hydrogen-bond donors (Lipinski definition) is 3. The number of hydrazine groups is 1. The molecule has 0 unspecified atom stereocenters. The number of nitrogens with one attached hydrogen (secondary N) is 1. The molecule has 1 aliphatic heterocycles. The lowest BCUT2D eigenvalue weighted by atomic mass is 9.94. The zero-order chi connectivity index (χ0) is 13.4. The van der Waals surface area contributed by atoms with Gasteiger partial charge in [-0.2, -0.15) is 0 Å². The van der Waals surface area contributed by atoms with Gasteiger partial charge >= 0.3 is 0 Å². The van der Waals surface area contributed by atoms with Crippen LogP contribution in [0, 0.1) is 0 Å². The van der Waals surface area contributed by atoms with Gasteiger partial charge in [0, 0.05) is 39.0 Å². The predicted molar refractivity (Wildman–Crippen MR) is 68.7 cm³/mol. The molecule has 106 valence electrons. The molecule has 0 saturated carbocycles. The third kappa shape index (κ3) is 5.77. The summed E-state index contributed by atoms with van der Waals surface area (Å²) in [6.07, 6.45) is 3.60. The third-order valence-corrected chi connectivity index (χ3v) is 3.34. The molecular weight excluding hydrogens is 234 g/mol. The van der Waals surface area contributed by atoms with Gasteiger partial charge in [0.2, 0.25) is 5.91 Å². The van der Waals surface area contributed by atoms with Gasteiger partial charge in [0.25, 0.3) is 0 Å². The Morgan fingerprint density at radius 2 is 2.11 bits per heavy atom. The minimum atomic E-state index is -0.609. The van der Waals surface area contributed by atoms with Crippen LogP contribution in [0.1, 0.15) is 32.1 Å². The Hall–Kier alpha value is -0.690. The van der Waals surface area contributed by atoms with Crippen molar-refractivity contribution in [3.05, 3.63) is 0 Å². The molecule has 1 rings (SSSR count). The fourth-order valence-electron chi connectivity index (χ4n) is 2.23. The molecule has 1 saturated heterocycles. The first-order valence-electron chi connectivity index (χ1n) is 6.54. The quantitative estimate of drug-likeness (QED) is 0.251. The molecule has 18 heavy (non-hydrogen) atoms. The van der Waals surface area contributed by atoms with Crippen LogP contribution in [0.15, 0.2) is 0 Å². The van der Waals surface area contributed by atoms with Crippen LogP contribution in [0.5, 0.6) is 0 Å². The number of carbonyl (C=O) groups is 1. The lowest BCUT2D eigenvalue weighted by Crippen LogP contribution is -2.45. The zero-order valence-electron chi connectivity index (χ0n) is 11.2. The van der Waals surface area contributed by atoms with Crippen LogP contribution in [0.2, 0.25) is 0 Å². The van der Waals surface area contributed by atoms with E-state index >= 15 is 0 Å². The molecule has 1 fully saturated rings. The smallest absolute Gasteiger partial charge is 0.233 e. The maximum Gasteiger partial charge on any atom is 0.233 e. The Morgan fingerprint density at radius 3 is 2.72 bits per heavy atom. The van der Waals surface area contributed by atoms with Crippen molar-refractivity contribution in [1.82, 2.24) is 10.3 Å². The summed E-state index contributed by atoms with van der Waals surface area (Å²) >= 11 is 0. The largest absolute Gasteiger partial charge is 0.388 e. The number of ether oxygens (including phenoxy) is 1. The molecule has 0 bridgehead atoms. The van der Waals surface area contributed by atoms with Crippen molar-refractivity contribution >= 4 is 5.91 Å². The van der Waals surface area contributed by atoms with Crippen molar-refractivity contribution < 1.29 is 14.6 Å². The lowest BCUT2D eigenvalue weighted by molar-refractivity contribution is -0.121. The van der Waals surface area contributed by atoms with Gasteiger partial charge in [0.05, 0.1) is 5.60 Å².